The number of hydrogen-bond acceptors (Lipinski definition) is 7. The fraction of sp³-hybridized carbons (Fsp3) is 1.00. The Kier molecular flexibility index (Phi) is 11.2. The van der Waals surface area contributed by atoms with Gasteiger partial charge in [-0.25, -0.2) is 0 Å². The molecule has 12 heteroatoms. The topological polar surface area (TPSA) is 103 Å². The summed E-state index contributed by atoms with van der Waals surface area (Å²) in [5, 5.41) is 0. The van der Waals surface area contributed by atoms with E-state index in [0.29, 0.717) is 12.2 Å². The normalized spacial score (nSPS) is 34.4. The Hall–Kier alpha value is 0.548. The first kappa shape index (κ1) is 19.6. The lowest BCUT2D eigenvalue weighted by atomic mass is 10.5. The van der Waals surface area contributed by atoms with E-state index in [2.05, 4.69) is 6.92 Å². The predicted molar refractivity (Wildman–Crippen MR) is 86.1 cm³/mol. The van der Waals surface area contributed by atoms with Crippen LogP contribution in [-0.4, -0.2) is 83.4 Å². The highest BCUT2D eigenvalue weighted by molar-refractivity contribution is 6.59. The van der Waals surface area contributed by atoms with Crippen LogP contribution in [0.2, 0.25) is 6.04 Å². The largest absolute Gasteiger partial charge is 0.425 e. The highest BCUT2D eigenvalue weighted by atomic mass is 28.4. The minimum absolute atomic E-state index is 0. The molecule has 0 amide bonds. The van der Waals surface area contributed by atoms with E-state index >= 15 is 0 Å². The number of rotatable bonds is 6. The van der Waals surface area contributed by atoms with Gasteiger partial charge >= 0.3 is 9.28 Å². The molecule has 0 radical (unpaired) electrons. The summed E-state index contributed by atoms with van der Waals surface area (Å²) in [6.45, 7) is 5.41. The van der Waals surface area contributed by atoms with Crippen molar-refractivity contribution in [3.63, 3.8) is 0 Å². The number of hydrogen-bond donors (Lipinski definition) is 0. The van der Waals surface area contributed by atoms with Crippen molar-refractivity contribution in [2.75, 3.05) is 26.4 Å². The van der Waals surface area contributed by atoms with E-state index in [1.165, 1.54) is 0 Å². The molecule has 3 fully saturated rings. The molecule has 0 aromatic heterocycles. The summed E-state index contributed by atoms with van der Waals surface area (Å²) in [6, 6.07) is 1.11. The van der Waals surface area contributed by atoms with E-state index in [1.807, 2.05) is 0 Å². The average molecular weight is 375 g/mol. The second-order valence-electron chi connectivity index (χ2n) is 4.76. The van der Waals surface area contributed by atoms with Gasteiger partial charge in [0, 0.05) is 0 Å². The summed E-state index contributed by atoms with van der Waals surface area (Å²) < 4.78 is 36.8. The van der Waals surface area contributed by atoms with Crippen molar-refractivity contribution in [1.82, 2.24) is 0 Å². The van der Waals surface area contributed by atoms with E-state index in [1.54, 1.807) is 0 Å². The van der Waals surface area contributed by atoms with E-state index in [4.69, 9.17) is 30.7 Å². The molecule has 0 spiro atoms. The van der Waals surface area contributed by atoms with Crippen LogP contribution in [0, 0.1) is 0 Å². The molecule has 3 heterocycles. The molecular weight excluding hydrogens is 348 g/mol. The molecular formula is C9H26O8Si4. The Morgan fingerprint density at radius 2 is 1.52 bits per heavy atom. The van der Waals surface area contributed by atoms with Crippen molar-refractivity contribution in [3.05, 3.63) is 0 Å². The quantitative estimate of drug-likeness (QED) is 0.354. The van der Waals surface area contributed by atoms with Crippen LogP contribution in [-0.2, 0) is 30.7 Å². The SMILES string of the molecule is C(OCC1CO1)C1CO1.CCC[SiH]1O[SiH2]O[SiH2]O[SiH2]O1.O. The van der Waals surface area contributed by atoms with Crippen LogP contribution in [0.25, 0.3) is 0 Å². The third-order valence-electron chi connectivity index (χ3n) is 2.78. The summed E-state index contributed by atoms with van der Waals surface area (Å²) in [4.78, 5) is 0. The Morgan fingerprint density at radius 1 is 1.00 bits per heavy atom. The van der Waals surface area contributed by atoms with Gasteiger partial charge in [0.05, 0.1) is 26.4 Å². The Balaban J connectivity index is 0.000000203. The van der Waals surface area contributed by atoms with Crippen molar-refractivity contribution in [3.8, 4) is 0 Å². The van der Waals surface area contributed by atoms with Crippen LogP contribution in [0.4, 0.5) is 0 Å². The van der Waals surface area contributed by atoms with E-state index in [0.717, 1.165) is 38.9 Å². The van der Waals surface area contributed by atoms with Gasteiger partial charge in [-0.1, -0.05) is 13.3 Å². The average Bonchev–Trinajstić information content (AvgIpc) is 3.27. The molecule has 126 valence electrons. The minimum Gasteiger partial charge on any atom is -0.425 e. The Bertz CT molecular complexity index is 236. The van der Waals surface area contributed by atoms with E-state index in [-0.39, 0.29) is 5.48 Å². The van der Waals surface area contributed by atoms with Gasteiger partial charge in [0.2, 0.25) is 0 Å². The molecule has 3 rings (SSSR count). The van der Waals surface area contributed by atoms with Gasteiger partial charge in [-0.15, -0.1) is 0 Å². The van der Waals surface area contributed by atoms with Gasteiger partial charge in [0.25, 0.3) is 30.0 Å². The molecule has 3 aliphatic heterocycles. The highest BCUT2D eigenvalue weighted by Crippen LogP contribution is 2.12. The summed E-state index contributed by atoms with van der Waals surface area (Å²) >= 11 is 0. The van der Waals surface area contributed by atoms with Gasteiger partial charge in [-0.2, -0.15) is 0 Å². The van der Waals surface area contributed by atoms with Crippen LogP contribution in [0.1, 0.15) is 13.3 Å². The van der Waals surface area contributed by atoms with Crippen LogP contribution in [0.5, 0.6) is 0 Å². The first-order chi connectivity index (χ1) is 9.88. The summed E-state index contributed by atoms with van der Waals surface area (Å²) in [5.41, 5.74) is 0. The third kappa shape index (κ3) is 10.8. The summed E-state index contributed by atoms with van der Waals surface area (Å²) in [7, 11) is -3.43. The zero-order valence-electron chi connectivity index (χ0n) is 12.5. The maximum absolute atomic E-state index is 5.55. The standard InChI is InChI=1S/C6H10O3.C3H14O4Si4.H2O/c1(5-3-8-5)7-2-6-4-9-6;1-2-3-11-6-9-4-8-5-10-7-11;/h5-6H,1-4H2;11H,2-3,8-10H2,1H3;1H2. The Labute approximate surface area is 134 Å². The van der Waals surface area contributed by atoms with Gasteiger partial charge < -0.3 is 36.1 Å². The first-order valence-electron chi connectivity index (χ1n) is 7.08. The van der Waals surface area contributed by atoms with Gasteiger partial charge in [0.1, 0.15) is 12.2 Å². The maximum Gasteiger partial charge on any atom is 0.303 e. The summed E-state index contributed by atoms with van der Waals surface area (Å²) in [5.74, 6) is 0. The molecule has 0 aromatic carbocycles. The molecule has 8 nitrogen and oxygen atoms in total. The first-order valence-corrected chi connectivity index (χ1v) is 12.3. The second-order valence-corrected chi connectivity index (χ2v) is 12.8. The van der Waals surface area contributed by atoms with Crippen molar-refractivity contribution in [1.29, 1.82) is 0 Å². The second kappa shape index (κ2) is 12.0. The molecule has 0 aromatic rings. The van der Waals surface area contributed by atoms with Gasteiger partial charge in [0.15, 0.2) is 0 Å². The lowest BCUT2D eigenvalue weighted by Crippen LogP contribution is -2.32. The van der Waals surface area contributed by atoms with Gasteiger partial charge in [-0.3, -0.25) is 0 Å². The van der Waals surface area contributed by atoms with Crippen molar-refractivity contribution in [2.24, 2.45) is 0 Å². The molecule has 0 bridgehead atoms. The number of epoxide rings is 2. The lowest BCUT2D eigenvalue weighted by molar-refractivity contribution is 0.102. The molecule has 2 atom stereocenters. The van der Waals surface area contributed by atoms with Crippen molar-refractivity contribution < 1.29 is 36.1 Å². The monoisotopic (exact) mass is 374 g/mol. The zero-order valence-corrected chi connectivity index (χ0v) is 17.9. The van der Waals surface area contributed by atoms with E-state index < -0.39 is 39.3 Å². The third-order valence-corrected chi connectivity index (χ3v) is 10.6. The van der Waals surface area contributed by atoms with E-state index in [9.17, 15) is 0 Å². The van der Waals surface area contributed by atoms with Crippen molar-refractivity contribution in [2.45, 2.75) is 31.6 Å². The highest BCUT2D eigenvalue weighted by Gasteiger charge is 2.26. The fourth-order valence-corrected chi connectivity index (χ4v) is 10.3. The van der Waals surface area contributed by atoms with Crippen LogP contribution in [0.15, 0.2) is 0 Å². The minimum atomic E-state index is -1.30. The molecule has 3 aliphatic rings. The smallest absolute Gasteiger partial charge is 0.303 e. The maximum atomic E-state index is 5.55. The molecule has 0 saturated carbocycles. The molecule has 2 unspecified atom stereocenters. The molecule has 21 heavy (non-hydrogen) atoms. The molecule has 0 aliphatic carbocycles. The zero-order chi connectivity index (χ0) is 14.0. The van der Waals surface area contributed by atoms with Crippen LogP contribution >= 0.6 is 0 Å². The van der Waals surface area contributed by atoms with Crippen molar-refractivity contribution >= 4 is 39.3 Å². The van der Waals surface area contributed by atoms with Gasteiger partial charge in [-0.05, 0) is 6.04 Å². The van der Waals surface area contributed by atoms with Crippen LogP contribution < -0.4 is 0 Å². The Morgan fingerprint density at radius 3 is 1.95 bits per heavy atom. The molecule has 3 saturated heterocycles. The lowest BCUT2D eigenvalue weighted by Gasteiger charge is -2.19. The number of ether oxygens (including phenoxy) is 3. The van der Waals surface area contributed by atoms with Crippen LogP contribution in [0.3, 0.4) is 0 Å². The predicted octanol–water partition coefficient (Wildman–Crippen LogP) is -3.33. The molecule has 2 N–H and O–H groups in total. The summed E-state index contributed by atoms with van der Waals surface area (Å²) in [6.07, 6.45) is 1.93. The fourth-order valence-electron chi connectivity index (χ4n) is 1.48.